The van der Waals surface area contributed by atoms with E-state index in [1.54, 1.807) is 0 Å². The van der Waals surface area contributed by atoms with E-state index >= 15 is 0 Å². The van der Waals surface area contributed by atoms with Gasteiger partial charge in [0.2, 0.25) is 0 Å². The molecule has 2 saturated carbocycles. The normalized spacial score (nSPS) is 44.1. The summed E-state index contributed by atoms with van der Waals surface area (Å²) in [6.45, 7) is 4.02. The fourth-order valence-corrected chi connectivity index (χ4v) is 2.65. The van der Waals surface area contributed by atoms with Gasteiger partial charge in [0.25, 0.3) is 0 Å². The Labute approximate surface area is 68.1 Å². The third-order valence-electron chi connectivity index (χ3n) is 3.21. The third kappa shape index (κ3) is 1.34. The van der Waals surface area contributed by atoms with E-state index in [1.807, 2.05) is 0 Å². The van der Waals surface area contributed by atoms with Gasteiger partial charge in [0, 0.05) is 0 Å². The number of aliphatic hydroxyl groups is 1. The molecule has 0 radical (unpaired) electrons. The molecule has 0 aromatic carbocycles. The molecular formula is C10H16O. The van der Waals surface area contributed by atoms with E-state index in [1.165, 1.54) is 24.8 Å². The van der Waals surface area contributed by atoms with Crippen LogP contribution in [0, 0.1) is 11.8 Å². The van der Waals surface area contributed by atoms with E-state index in [4.69, 9.17) is 0 Å². The van der Waals surface area contributed by atoms with Gasteiger partial charge < -0.3 is 5.11 Å². The van der Waals surface area contributed by atoms with Crippen molar-refractivity contribution in [3.63, 3.8) is 0 Å². The summed E-state index contributed by atoms with van der Waals surface area (Å²) in [5.41, 5.74) is 1.41. The maximum absolute atomic E-state index is 9.41. The van der Waals surface area contributed by atoms with Crippen molar-refractivity contribution in [3.05, 3.63) is 12.2 Å². The lowest BCUT2D eigenvalue weighted by Gasteiger charge is -2.28. The molecule has 2 rings (SSSR count). The lowest BCUT2D eigenvalue weighted by molar-refractivity contribution is 0.0806. The quantitative estimate of drug-likeness (QED) is 0.527. The van der Waals surface area contributed by atoms with Crippen molar-refractivity contribution >= 4 is 0 Å². The summed E-state index contributed by atoms with van der Waals surface area (Å²) < 4.78 is 0. The van der Waals surface area contributed by atoms with Crippen molar-refractivity contribution in [2.45, 2.75) is 38.2 Å². The van der Waals surface area contributed by atoms with Gasteiger partial charge in [-0.15, -0.1) is 0 Å². The summed E-state index contributed by atoms with van der Waals surface area (Å²) in [5, 5.41) is 9.41. The molecule has 62 valence electrons. The smallest absolute Gasteiger partial charge is 0.0543 e. The second kappa shape index (κ2) is 2.63. The summed E-state index contributed by atoms with van der Waals surface area (Å²) in [5.74, 6) is 1.64. The predicted octanol–water partition coefficient (Wildman–Crippen LogP) is 2.11. The minimum atomic E-state index is -0.0119. The Balaban J connectivity index is 2.02. The molecule has 2 fully saturated rings. The minimum absolute atomic E-state index is 0.0119. The van der Waals surface area contributed by atoms with Gasteiger partial charge in [-0.3, -0.25) is 0 Å². The van der Waals surface area contributed by atoms with Crippen LogP contribution in [0.5, 0.6) is 0 Å². The van der Waals surface area contributed by atoms with Crippen LogP contribution in [0.15, 0.2) is 12.2 Å². The average Bonchev–Trinajstić information content (AvgIpc) is 2.27. The maximum Gasteiger partial charge on any atom is 0.0543 e. The van der Waals surface area contributed by atoms with Crippen LogP contribution in [0.2, 0.25) is 0 Å². The molecule has 0 bridgehead atoms. The first kappa shape index (κ1) is 7.35. The molecular weight excluding hydrogens is 136 g/mol. The highest BCUT2D eigenvalue weighted by Crippen LogP contribution is 2.44. The molecule has 3 atom stereocenters. The van der Waals surface area contributed by atoms with E-state index in [9.17, 15) is 5.11 Å². The Bertz CT molecular complexity index is 174. The van der Waals surface area contributed by atoms with Crippen molar-refractivity contribution in [1.29, 1.82) is 0 Å². The molecule has 0 saturated heterocycles. The van der Waals surface area contributed by atoms with E-state index in [2.05, 4.69) is 6.58 Å². The molecule has 11 heavy (non-hydrogen) atoms. The molecule has 0 aliphatic heterocycles. The highest BCUT2D eigenvalue weighted by atomic mass is 16.3. The molecule has 0 spiro atoms. The number of allylic oxidation sites excluding steroid dienone is 1. The Morgan fingerprint density at radius 1 is 1.18 bits per heavy atom. The zero-order valence-electron chi connectivity index (χ0n) is 6.92. The summed E-state index contributed by atoms with van der Waals surface area (Å²) in [6.07, 6.45) is 5.68. The molecule has 2 aliphatic carbocycles. The number of hydrogen-bond acceptors (Lipinski definition) is 1. The van der Waals surface area contributed by atoms with Gasteiger partial charge in [-0.25, -0.2) is 0 Å². The zero-order chi connectivity index (χ0) is 7.84. The Kier molecular flexibility index (Phi) is 1.76. The average molecular weight is 152 g/mol. The zero-order valence-corrected chi connectivity index (χ0v) is 6.92. The molecule has 1 heteroatoms. The molecule has 0 aromatic rings. The first-order valence-electron chi connectivity index (χ1n) is 4.60. The Morgan fingerprint density at radius 3 is 2.73 bits per heavy atom. The van der Waals surface area contributed by atoms with Gasteiger partial charge in [0.1, 0.15) is 0 Å². The molecule has 0 amide bonds. The third-order valence-corrected chi connectivity index (χ3v) is 3.21. The summed E-state index contributed by atoms with van der Waals surface area (Å²) in [7, 11) is 0. The van der Waals surface area contributed by atoms with Crippen LogP contribution in [0.1, 0.15) is 32.1 Å². The fourth-order valence-electron chi connectivity index (χ4n) is 2.65. The first-order valence-corrected chi connectivity index (χ1v) is 4.60. The van der Waals surface area contributed by atoms with Crippen molar-refractivity contribution in [2.24, 2.45) is 11.8 Å². The molecule has 0 heterocycles. The van der Waals surface area contributed by atoms with Gasteiger partial charge in [-0.05, 0) is 43.9 Å². The second-order valence-electron chi connectivity index (χ2n) is 4.15. The van der Waals surface area contributed by atoms with Crippen molar-refractivity contribution < 1.29 is 5.11 Å². The fraction of sp³-hybridized carbons (Fsp3) is 0.800. The molecule has 1 nitrogen and oxygen atoms in total. The number of fused-ring (bicyclic) bond motifs is 1. The highest BCUT2D eigenvalue weighted by Gasteiger charge is 2.34. The first-order chi connectivity index (χ1) is 5.25. The number of hydrogen-bond donors (Lipinski definition) is 1. The van der Waals surface area contributed by atoms with Gasteiger partial charge in [-0.2, -0.15) is 0 Å². The van der Waals surface area contributed by atoms with Crippen LogP contribution in [-0.2, 0) is 0 Å². The van der Waals surface area contributed by atoms with Crippen molar-refractivity contribution in [3.8, 4) is 0 Å². The lowest BCUT2D eigenvalue weighted by atomic mass is 9.80. The summed E-state index contributed by atoms with van der Waals surface area (Å²) in [6, 6.07) is 0. The van der Waals surface area contributed by atoms with Crippen LogP contribution < -0.4 is 0 Å². The number of rotatable bonds is 0. The van der Waals surface area contributed by atoms with Crippen molar-refractivity contribution in [2.75, 3.05) is 0 Å². The largest absolute Gasteiger partial charge is 0.393 e. The monoisotopic (exact) mass is 152 g/mol. The van der Waals surface area contributed by atoms with Crippen LogP contribution in [-0.4, -0.2) is 11.2 Å². The number of aliphatic hydroxyl groups excluding tert-OH is 1. The van der Waals surface area contributed by atoms with Gasteiger partial charge in [0.15, 0.2) is 0 Å². The van der Waals surface area contributed by atoms with Gasteiger partial charge in [-0.1, -0.05) is 12.2 Å². The van der Waals surface area contributed by atoms with E-state index in [0.29, 0.717) is 0 Å². The lowest BCUT2D eigenvalue weighted by Crippen LogP contribution is -2.23. The van der Waals surface area contributed by atoms with Crippen LogP contribution in [0.3, 0.4) is 0 Å². The van der Waals surface area contributed by atoms with Gasteiger partial charge >= 0.3 is 0 Å². The van der Waals surface area contributed by atoms with E-state index < -0.39 is 0 Å². The summed E-state index contributed by atoms with van der Waals surface area (Å²) >= 11 is 0. The maximum atomic E-state index is 9.41. The van der Waals surface area contributed by atoms with Crippen LogP contribution >= 0.6 is 0 Å². The highest BCUT2D eigenvalue weighted by molar-refractivity contribution is 5.07. The predicted molar refractivity (Wildman–Crippen MR) is 45.2 cm³/mol. The standard InChI is InChI=1S/C10H16O/c1-7-4-8-2-3-10(11)6-9(8)5-7/h8-11H,1-6H2. The minimum Gasteiger partial charge on any atom is -0.393 e. The Hall–Kier alpha value is -0.300. The second-order valence-corrected chi connectivity index (χ2v) is 4.15. The van der Waals surface area contributed by atoms with E-state index in [0.717, 1.165) is 24.7 Å². The van der Waals surface area contributed by atoms with Gasteiger partial charge in [0.05, 0.1) is 6.10 Å². The SMILES string of the molecule is C=C1CC2CCC(O)CC2C1. The molecule has 1 N–H and O–H groups in total. The van der Waals surface area contributed by atoms with Crippen molar-refractivity contribution in [1.82, 2.24) is 0 Å². The molecule has 3 unspecified atom stereocenters. The van der Waals surface area contributed by atoms with Crippen LogP contribution in [0.25, 0.3) is 0 Å². The topological polar surface area (TPSA) is 20.2 Å². The molecule has 0 aromatic heterocycles. The van der Waals surface area contributed by atoms with Crippen LogP contribution in [0.4, 0.5) is 0 Å². The summed E-state index contributed by atoms with van der Waals surface area (Å²) in [4.78, 5) is 0. The van der Waals surface area contributed by atoms with E-state index in [-0.39, 0.29) is 6.10 Å². The Morgan fingerprint density at radius 2 is 1.91 bits per heavy atom. The molecule has 2 aliphatic rings.